The second-order valence-electron chi connectivity index (χ2n) is 26.9. The SMILES string of the molecule is CC(C)(C)c1ccc(N(c2ccc(C(C)(C)C)cc2)c2c3nc(c(-c4cc(C(C)(C)C)cc(C(C)(C)C)c4)c4ccc([nH]4)c(-c4cc(C(C)(C)C)cc(C(C)(C)C)c4)c4nc(cc5ccc2[nH]5)C=C4)C=C3)cc1. The molecule has 376 valence electrons. The minimum absolute atomic E-state index is 0.000710. The molecule has 2 N–H and O–H groups in total. The van der Waals surface area contributed by atoms with Gasteiger partial charge >= 0.3 is 0 Å². The van der Waals surface area contributed by atoms with Crippen molar-refractivity contribution in [1.29, 1.82) is 0 Å². The van der Waals surface area contributed by atoms with Crippen molar-refractivity contribution in [2.75, 3.05) is 4.90 Å². The van der Waals surface area contributed by atoms with Crippen LogP contribution >= 0.6 is 0 Å². The molecule has 0 radical (unpaired) electrons. The lowest BCUT2D eigenvalue weighted by Gasteiger charge is -2.28. The highest BCUT2D eigenvalue weighted by atomic mass is 15.2. The van der Waals surface area contributed by atoms with Gasteiger partial charge in [0, 0.05) is 39.1 Å². The first-order valence-electron chi connectivity index (χ1n) is 26.4. The number of hydrogen-bond acceptors (Lipinski definition) is 3. The average molecular weight is 966 g/mol. The Kier molecular flexibility index (Phi) is 12.7. The van der Waals surface area contributed by atoms with Crippen LogP contribution in [-0.2, 0) is 32.5 Å². The second kappa shape index (κ2) is 18.0. The van der Waals surface area contributed by atoms with Gasteiger partial charge in [-0.25, -0.2) is 9.97 Å². The number of aromatic amines is 2. The van der Waals surface area contributed by atoms with E-state index in [0.29, 0.717) is 0 Å². The molecule has 2 aliphatic rings. The third-order valence-electron chi connectivity index (χ3n) is 14.7. The second-order valence-corrected chi connectivity index (χ2v) is 26.9. The lowest BCUT2D eigenvalue weighted by atomic mass is 9.79. The summed E-state index contributed by atoms with van der Waals surface area (Å²) in [6.07, 6.45) is 8.77. The molecule has 0 aliphatic carbocycles. The molecule has 0 atom stereocenters. The molecular formula is C68H79N5. The number of benzene rings is 4. The highest BCUT2D eigenvalue weighted by Gasteiger charge is 2.27. The highest BCUT2D eigenvalue weighted by Crippen LogP contribution is 2.44. The number of aromatic nitrogens is 4. The van der Waals surface area contributed by atoms with Gasteiger partial charge in [0.2, 0.25) is 0 Å². The molecule has 4 aromatic carbocycles. The van der Waals surface area contributed by atoms with E-state index in [1.54, 1.807) is 0 Å². The van der Waals surface area contributed by atoms with Gasteiger partial charge < -0.3 is 14.9 Å². The van der Waals surface area contributed by atoms with E-state index >= 15 is 0 Å². The first kappa shape index (κ1) is 51.2. The predicted molar refractivity (Wildman–Crippen MR) is 317 cm³/mol. The Morgan fingerprint density at radius 3 is 1.11 bits per heavy atom. The monoisotopic (exact) mass is 966 g/mol. The number of fused-ring (bicyclic) bond motifs is 8. The molecule has 0 saturated carbocycles. The summed E-state index contributed by atoms with van der Waals surface area (Å²) in [5.41, 5.74) is 22.3. The topological polar surface area (TPSA) is 60.6 Å². The molecule has 2 aliphatic heterocycles. The van der Waals surface area contributed by atoms with Gasteiger partial charge in [0.05, 0.1) is 34.0 Å². The number of nitrogens with zero attached hydrogens (tertiary/aromatic N) is 3. The van der Waals surface area contributed by atoms with Crippen LogP contribution in [0.3, 0.4) is 0 Å². The Morgan fingerprint density at radius 2 is 0.699 bits per heavy atom. The van der Waals surface area contributed by atoms with Crippen molar-refractivity contribution < 1.29 is 0 Å². The van der Waals surface area contributed by atoms with Gasteiger partial charge in [0.25, 0.3) is 0 Å². The van der Waals surface area contributed by atoms with Gasteiger partial charge in [-0.15, -0.1) is 0 Å². The Morgan fingerprint density at radius 1 is 0.329 bits per heavy atom. The van der Waals surface area contributed by atoms with Crippen molar-refractivity contribution in [2.24, 2.45) is 0 Å². The van der Waals surface area contributed by atoms with Crippen molar-refractivity contribution in [3.8, 4) is 22.3 Å². The minimum Gasteiger partial charge on any atom is -0.354 e. The van der Waals surface area contributed by atoms with Crippen LogP contribution in [0.1, 0.15) is 181 Å². The summed E-state index contributed by atoms with van der Waals surface area (Å²) < 4.78 is 0. The maximum Gasteiger partial charge on any atom is 0.0957 e. The van der Waals surface area contributed by atoms with Gasteiger partial charge in [-0.1, -0.05) is 185 Å². The molecule has 0 fully saturated rings. The van der Waals surface area contributed by atoms with E-state index in [4.69, 9.17) is 9.97 Å². The first-order valence-corrected chi connectivity index (χ1v) is 26.4. The van der Waals surface area contributed by atoms with Crippen molar-refractivity contribution in [2.45, 2.75) is 157 Å². The maximum atomic E-state index is 5.80. The number of H-pyrrole nitrogens is 2. The minimum atomic E-state index is -0.0970. The third kappa shape index (κ3) is 10.6. The summed E-state index contributed by atoms with van der Waals surface area (Å²) in [5.74, 6) is 0. The summed E-state index contributed by atoms with van der Waals surface area (Å²) in [6, 6.07) is 43.5. The van der Waals surface area contributed by atoms with Crippen LogP contribution in [0.15, 0.2) is 115 Å². The molecule has 9 rings (SSSR count). The van der Waals surface area contributed by atoms with Crippen molar-refractivity contribution in [3.63, 3.8) is 0 Å². The van der Waals surface area contributed by atoms with Crippen LogP contribution < -0.4 is 4.90 Å². The molecular weight excluding hydrogens is 887 g/mol. The number of nitrogens with one attached hydrogen (secondary N) is 2. The third-order valence-corrected chi connectivity index (χ3v) is 14.7. The van der Waals surface area contributed by atoms with E-state index in [0.717, 1.165) is 84.2 Å². The van der Waals surface area contributed by atoms with Gasteiger partial charge in [0.1, 0.15) is 0 Å². The Bertz CT molecular complexity index is 3350. The normalized spacial score (nSPS) is 13.5. The van der Waals surface area contributed by atoms with Crippen LogP contribution in [0.4, 0.5) is 17.1 Å². The Labute approximate surface area is 437 Å². The maximum absolute atomic E-state index is 5.80. The fourth-order valence-corrected chi connectivity index (χ4v) is 9.87. The molecule has 5 heterocycles. The quantitative estimate of drug-likeness (QED) is 0.181. The number of anilines is 3. The van der Waals surface area contributed by atoms with Crippen molar-refractivity contribution in [1.82, 2.24) is 19.9 Å². The summed E-state index contributed by atoms with van der Waals surface area (Å²) in [6.45, 7) is 41.3. The molecule has 5 heteroatoms. The van der Waals surface area contributed by atoms with Crippen molar-refractivity contribution in [3.05, 3.63) is 171 Å². The van der Waals surface area contributed by atoms with Crippen molar-refractivity contribution >= 4 is 63.4 Å². The van der Waals surface area contributed by atoms with Crippen LogP contribution in [-0.4, -0.2) is 19.9 Å². The van der Waals surface area contributed by atoms with E-state index < -0.39 is 0 Å². The molecule has 8 bridgehead atoms. The zero-order valence-corrected chi connectivity index (χ0v) is 47.1. The molecule has 73 heavy (non-hydrogen) atoms. The van der Waals surface area contributed by atoms with E-state index in [2.05, 4.69) is 279 Å². The molecule has 0 unspecified atom stereocenters. The molecule has 7 aromatic rings. The van der Waals surface area contributed by atoms with Gasteiger partial charge in [-0.05, 0) is 156 Å². The van der Waals surface area contributed by atoms with Gasteiger partial charge in [0.15, 0.2) is 0 Å². The van der Waals surface area contributed by atoms with Crippen LogP contribution in [0.2, 0.25) is 0 Å². The summed E-state index contributed by atoms with van der Waals surface area (Å²) in [5, 5.41) is 0. The zero-order chi connectivity index (χ0) is 52.8. The van der Waals surface area contributed by atoms with Crippen LogP contribution in [0, 0.1) is 0 Å². The summed E-state index contributed by atoms with van der Waals surface area (Å²) >= 11 is 0. The van der Waals surface area contributed by atoms with E-state index in [1.807, 2.05) is 0 Å². The van der Waals surface area contributed by atoms with E-state index in [1.165, 1.54) is 33.4 Å². The predicted octanol–water partition coefficient (Wildman–Crippen LogP) is 19.2. The lowest BCUT2D eigenvalue weighted by Crippen LogP contribution is -2.16. The van der Waals surface area contributed by atoms with Gasteiger partial charge in [-0.2, -0.15) is 0 Å². The first-order chi connectivity index (χ1) is 33.9. The van der Waals surface area contributed by atoms with E-state index in [-0.39, 0.29) is 32.5 Å². The Hall–Kier alpha value is -6.72. The summed E-state index contributed by atoms with van der Waals surface area (Å²) in [7, 11) is 0. The average Bonchev–Trinajstić information content (AvgIpc) is 4.14. The number of hydrogen-bond donors (Lipinski definition) is 2. The molecule has 0 spiro atoms. The highest BCUT2D eigenvalue weighted by molar-refractivity contribution is 5.99. The van der Waals surface area contributed by atoms with Crippen LogP contribution in [0.5, 0.6) is 0 Å². The zero-order valence-electron chi connectivity index (χ0n) is 47.1. The molecule has 0 amide bonds. The summed E-state index contributed by atoms with van der Waals surface area (Å²) in [4.78, 5) is 21.6. The molecule has 3 aromatic heterocycles. The largest absolute Gasteiger partial charge is 0.354 e. The fraction of sp³-hybridized carbons (Fsp3) is 0.353. The standard InChI is InChI=1S/C68H79N5/c1-63(2,3)44-19-25-52(26-20-44)73(53-27-21-45(22-28-53)64(4,5)6)62-58-30-24-51(70-58)41-50-23-29-54(69-50)60(42-35-46(65(7,8)9)39-47(36-42)66(10,11)12)55-31-32-56(71-55)61(57-33-34-59(62)72-57)43-37-48(67(13,14)15)40-49(38-43)68(16,17)18/h19-41,70-71H,1-18H3. The fourth-order valence-electron chi connectivity index (χ4n) is 9.87. The van der Waals surface area contributed by atoms with E-state index in [9.17, 15) is 0 Å². The van der Waals surface area contributed by atoms with Gasteiger partial charge in [-0.3, -0.25) is 0 Å². The number of rotatable bonds is 5. The Balaban J connectivity index is 1.45. The lowest BCUT2D eigenvalue weighted by molar-refractivity contribution is 0.568. The molecule has 5 nitrogen and oxygen atoms in total. The van der Waals surface area contributed by atoms with Crippen LogP contribution in [0.25, 0.3) is 68.6 Å². The smallest absolute Gasteiger partial charge is 0.0957 e. The molecule has 0 saturated heterocycles.